The first-order valence-electron chi connectivity index (χ1n) is 9.12. The Morgan fingerprint density at radius 3 is 2.15 bits per heavy atom. The van der Waals surface area contributed by atoms with Crippen molar-refractivity contribution in [2.45, 2.75) is 25.4 Å². The quantitative estimate of drug-likeness (QED) is 0.834. The lowest BCUT2D eigenvalue weighted by Gasteiger charge is -2.41. The van der Waals surface area contributed by atoms with E-state index in [1.165, 1.54) is 5.56 Å². The lowest BCUT2D eigenvalue weighted by Crippen LogP contribution is -2.53. The molecule has 0 saturated carbocycles. The molecule has 1 aliphatic heterocycles. The first-order chi connectivity index (χ1) is 12.6. The minimum atomic E-state index is -0.730. The van der Waals surface area contributed by atoms with Crippen LogP contribution in [0.3, 0.4) is 0 Å². The molecule has 0 radical (unpaired) electrons. The van der Waals surface area contributed by atoms with Crippen molar-refractivity contribution in [1.82, 2.24) is 9.80 Å². The number of piperazine rings is 1. The zero-order valence-corrected chi connectivity index (χ0v) is 15.8. The molecule has 1 N–H and O–H groups in total. The molecule has 0 aliphatic carbocycles. The lowest BCUT2D eigenvalue weighted by molar-refractivity contribution is -0.144. The van der Waals surface area contributed by atoms with Crippen molar-refractivity contribution >= 4 is 17.6 Å². The third kappa shape index (κ3) is 4.09. The van der Waals surface area contributed by atoms with Gasteiger partial charge in [-0.05, 0) is 23.6 Å². The van der Waals surface area contributed by atoms with Crippen LogP contribution in [0.25, 0.3) is 0 Å². The van der Waals surface area contributed by atoms with Crippen LogP contribution >= 0.6 is 11.6 Å². The zero-order chi connectivity index (χ0) is 18.5. The molecule has 3 rings (SSSR count). The van der Waals surface area contributed by atoms with Gasteiger partial charge in [-0.15, -0.1) is 0 Å². The van der Waals surface area contributed by atoms with Gasteiger partial charge in [0, 0.05) is 31.2 Å². The zero-order valence-electron chi connectivity index (χ0n) is 15.0. The summed E-state index contributed by atoms with van der Waals surface area (Å²) in [5.41, 5.74) is 2.30. The van der Waals surface area contributed by atoms with Gasteiger partial charge < -0.3 is 5.11 Å². The van der Waals surface area contributed by atoms with Gasteiger partial charge >= 0.3 is 5.97 Å². The maximum atomic E-state index is 11.5. The molecular formula is C21H25ClN2O2. The van der Waals surface area contributed by atoms with E-state index in [0.29, 0.717) is 6.42 Å². The van der Waals surface area contributed by atoms with Crippen LogP contribution in [-0.4, -0.2) is 53.1 Å². The van der Waals surface area contributed by atoms with Gasteiger partial charge in [0.2, 0.25) is 0 Å². The van der Waals surface area contributed by atoms with E-state index in [1.807, 2.05) is 43.3 Å². The van der Waals surface area contributed by atoms with Gasteiger partial charge in [-0.3, -0.25) is 14.6 Å². The smallest absolute Gasteiger partial charge is 0.320 e. The number of carbonyl (C=O) groups is 1. The second-order valence-electron chi connectivity index (χ2n) is 6.67. The fraction of sp³-hybridized carbons (Fsp3) is 0.381. The number of halogens is 1. The average Bonchev–Trinajstić information content (AvgIpc) is 2.66. The van der Waals surface area contributed by atoms with Crippen LogP contribution in [0.1, 0.15) is 30.5 Å². The van der Waals surface area contributed by atoms with Crippen molar-refractivity contribution in [3.05, 3.63) is 70.7 Å². The van der Waals surface area contributed by atoms with Crippen LogP contribution in [0.15, 0.2) is 54.6 Å². The Hall–Kier alpha value is -1.88. The van der Waals surface area contributed by atoms with Gasteiger partial charge in [-0.1, -0.05) is 67.1 Å². The SMILES string of the molecule is CCC(C(=O)O)N1CCN(C(c2ccccc2)c2ccccc2Cl)CC1. The number of aliphatic carboxylic acids is 1. The number of carboxylic acids is 1. The number of hydrogen-bond donors (Lipinski definition) is 1. The molecule has 1 saturated heterocycles. The Bertz CT molecular complexity index is 730. The fourth-order valence-electron chi connectivity index (χ4n) is 3.82. The first-order valence-corrected chi connectivity index (χ1v) is 9.50. The molecule has 1 aliphatic rings. The molecule has 1 heterocycles. The number of hydrogen-bond acceptors (Lipinski definition) is 3. The molecule has 4 nitrogen and oxygen atoms in total. The Morgan fingerprint density at radius 2 is 1.58 bits per heavy atom. The van der Waals surface area contributed by atoms with Crippen molar-refractivity contribution in [2.75, 3.05) is 26.2 Å². The van der Waals surface area contributed by atoms with Crippen LogP contribution in [0, 0.1) is 0 Å². The highest BCUT2D eigenvalue weighted by Gasteiger charge is 2.31. The Morgan fingerprint density at radius 1 is 1.00 bits per heavy atom. The molecule has 2 aromatic rings. The summed E-state index contributed by atoms with van der Waals surface area (Å²) in [6.07, 6.45) is 0.627. The first kappa shape index (κ1) is 18.9. The summed E-state index contributed by atoms with van der Waals surface area (Å²) >= 11 is 6.52. The highest BCUT2D eigenvalue weighted by Crippen LogP contribution is 2.34. The van der Waals surface area contributed by atoms with Gasteiger partial charge in [0.15, 0.2) is 0 Å². The number of carboxylic acid groups (broad SMARTS) is 1. The third-order valence-corrected chi connectivity index (χ3v) is 5.49. The standard InChI is InChI=1S/C21H25ClN2O2/c1-2-19(21(25)26)23-12-14-24(15-13-23)20(16-8-4-3-5-9-16)17-10-6-7-11-18(17)22/h3-11,19-20H,2,12-15H2,1H3,(H,25,26). The van der Waals surface area contributed by atoms with E-state index in [0.717, 1.165) is 36.8 Å². The average molecular weight is 373 g/mol. The van der Waals surface area contributed by atoms with Gasteiger partial charge in [0.25, 0.3) is 0 Å². The molecule has 1 fully saturated rings. The molecule has 2 aromatic carbocycles. The summed E-state index contributed by atoms with van der Waals surface area (Å²) < 4.78 is 0. The van der Waals surface area contributed by atoms with Gasteiger partial charge in [-0.2, -0.15) is 0 Å². The molecule has 0 aromatic heterocycles. The predicted octanol–water partition coefficient (Wildman–Crippen LogP) is 3.91. The number of nitrogens with zero attached hydrogens (tertiary/aromatic N) is 2. The predicted molar refractivity (Wildman–Crippen MR) is 105 cm³/mol. The Balaban J connectivity index is 1.84. The van der Waals surface area contributed by atoms with Crippen LogP contribution in [0.5, 0.6) is 0 Å². The summed E-state index contributed by atoms with van der Waals surface area (Å²) in [7, 11) is 0. The summed E-state index contributed by atoms with van der Waals surface area (Å²) in [4.78, 5) is 15.9. The molecule has 0 spiro atoms. The maximum absolute atomic E-state index is 11.5. The molecule has 2 unspecified atom stereocenters. The van der Waals surface area contributed by atoms with Crippen molar-refractivity contribution in [1.29, 1.82) is 0 Å². The Labute approximate surface area is 160 Å². The largest absolute Gasteiger partial charge is 0.480 e. The van der Waals surface area contributed by atoms with Crippen molar-refractivity contribution in [2.24, 2.45) is 0 Å². The van der Waals surface area contributed by atoms with E-state index in [9.17, 15) is 9.90 Å². The second-order valence-corrected chi connectivity index (χ2v) is 7.08. The minimum Gasteiger partial charge on any atom is -0.480 e. The second kappa shape index (κ2) is 8.67. The molecule has 138 valence electrons. The summed E-state index contributed by atoms with van der Waals surface area (Å²) in [6.45, 7) is 5.06. The molecule has 5 heteroatoms. The number of benzene rings is 2. The number of rotatable bonds is 6. The third-order valence-electron chi connectivity index (χ3n) is 5.14. The van der Waals surface area contributed by atoms with Crippen LogP contribution in [0.2, 0.25) is 5.02 Å². The van der Waals surface area contributed by atoms with E-state index in [1.54, 1.807) is 0 Å². The molecule has 0 amide bonds. The van der Waals surface area contributed by atoms with Gasteiger partial charge in [-0.25, -0.2) is 0 Å². The van der Waals surface area contributed by atoms with Crippen molar-refractivity contribution in [3.8, 4) is 0 Å². The maximum Gasteiger partial charge on any atom is 0.320 e. The normalized spacial score (nSPS) is 18.4. The summed E-state index contributed by atoms with van der Waals surface area (Å²) in [6, 6.07) is 18.0. The fourth-order valence-corrected chi connectivity index (χ4v) is 4.05. The highest BCUT2D eigenvalue weighted by molar-refractivity contribution is 6.31. The highest BCUT2D eigenvalue weighted by atomic mass is 35.5. The van der Waals surface area contributed by atoms with E-state index in [-0.39, 0.29) is 6.04 Å². The molecule has 0 bridgehead atoms. The molecule has 2 atom stereocenters. The topological polar surface area (TPSA) is 43.8 Å². The van der Waals surface area contributed by atoms with Crippen molar-refractivity contribution in [3.63, 3.8) is 0 Å². The van der Waals surface area contributed by atoms with Crippen LogP contribution in [0.4, 0.5) is 0 Å². The summed E-state index contributed by atoms with van der Waals surface area (Å²) in [5, 5.41) is 10.2. The molecule has 26 heavy (non-hydrogen) atoms. The van der Waals surface area contributed by atoms with Gasteiger partial charge in [0.1, 0.15) is 6.04 Å². The van der Waals surface area contributed by atoms with Crippen LogP contribution < -0.4 is 0 Å². The van der Waals surface area contributed by atoms with E-state index < -0.39 is 12.0 Å². The van der Waals surface area contributed by atoms with Gasteiger partial charge in [0.05, 0.1) is 6.04 Å². The summed E-state index contributed by atoms with van der Waals surface area (Å²) in [5.74, 6) is -0.730. The lowest BCUT2D eigenvalue weighted by atomic mass is 9.96. The van der Waals surface area contributed by atoms with E-state index in [4.69, 9.17) is 11.6 Å². The molecular weight excluding hydrogens is 348 g/mol. The van der Waals surface area contributed by atoms with Crippen LogP contribution in [-0.2, 0) is 4.79 Å². The van der Waals surface area contributed by atoms with E-state index in [2.05, 4.69) is 28.0 Å². The van der Waals surface area contributed by atoms with E-state index >= 15 is 0 Å². The Kier molecular flexibility index (Phi) is 6.30. The van der Waals surface area contributed by atoms with Crippen molar-refractivity contribution < 1.29 is 9.90 Å². The minimum absolute atomic E-state index is 0.0805. The monoisotopic (exact) mass is 372 g/mol.